The van der Waals surface area contributed by atoms with Gasteiger partial charge < -0.3 is 4.57 Å². The molecule has 0 bridgehead atoms. The molecule has 0 amide bonds. The molecular formula is C15H9BrClN3. The van der Waals surface area contributed by atoms with Crippen LogP contribution in [0.15, 0.2) is 40.9 Å². The van der Waals surface area contributed by atoms with Crippen LogP contribution in [-0.4, -0.2) is 9.55 Å². The van der Waals surface area contributed by atoms with Gasteiger partial charge in [-0.3, -0.25) is 0 Å². The molecule has 0 aliphatic heterocycles. The molecule has 1 heterocycles. The molecule has 0 atom stereocenters. The van der Waals surface area contributed by atoms with Crippen molar-refractivity contribution in [3.05, 3.63) is 51.5 Å². The van der Waals surface area contributed by atoms with Crippen LogP contribution in [0.2, 0.25) is 5.02 Å². The Balaban J connectivity index is 2.23. The van der Waals surface area contributed by atoms with Gasteiger partial charge >= 0.3 is 0 Å². The molecule has 0 saturated carbocycles. The van der Waals surface area contributed by atoms with Gasteiger partial charge in [-0.1, -0.05) is 11.6 Å². The van der Waals surface area contributed by atoms with Gasteiger partial charge in [0.1, 0.15) is 5.82 Å². The summed E-state index contributed by atoms with van der Waals surface area (Å²) in [5.74, 6) is 0.840. The Kier molecular flexibility index (Phi) is 3.25. The summed E-state index contributed by atoms with van der Waals surface area (Å²) >= 11 is 9.44. The smallest absolute Gasteiger partial charge is 0.140 e. The number of nitriles is 1. The summed E-state index contributed by atoms with van der Waals surface area (Å²) < 4.78 is 2.84. The Hall–Kier alpha value is -1.83. The number of rotatable bonds is 1. The van der Waals surface area contributed by atoms with Crippen LogP contribution in [-0.2, 0) is 7.05 Å². The van der Waals surface area contributed by atoms with Crippen molar-refractivity contribution >= 4 is 38.6 Å². The zero-order valence-electron chi connectivity index (χ0n) is 10.6. The molecule has 0 saturated heterocycles. The molecule has 0 radical (unpaired) electrons. The second-order valence-electron chi connectivity index (χ2n) is 4.44. The second kappa shape index (κ2) is 4.93. The number of aromatic nitrogens is 2. The number of hydrogen-bond donors (Lipinski definition) is 0. The third kappa shape index (κ3) is 2.09. The topological polar surface area (TPSA) is 41.6 Å². The molecule has 0 aliphatic carbocycles. The molecule has 0 spiro atoms. The largest absolute Gasteiger partial charge is 0.327 e. The van der Waals surface area contributed by atoms with E-state index in [0.29, 0.717) is 10.6 Å². The zero-order chi connectivity index (χ0) is 14.3. The van der Waals surface area contributed by atoms with Crippen LogP contribution in [0.5, 0.6) is 0 Å². The van der Waals surface area contributed by atoms with Crippen molar-refractivity contribution < 1.29 is 0 Å². The molecule has 98 valence electrons. The van der Waals surface area contributed by atoms with Gasteiger partial charge in [-0.15, -0.1) is 0 Å². The van der Waals surface area contributed by atoms with Gasteiger partial charge in [0.05, 0.1) is 27.7 Å². The lowest BCUT2D eigenvalue weighted by Crippen LogP contribution is -1.92. The molecule has 0 unspecified atom stereocenters. The average Bonchev–Trinajstić information content (AvgIpc) is 2.78. The van der Waals surface area contributed by atoms with Crippen molar-refractivity contribution in [1.82, 2.24) is 9.55 Å². The van der Waals surface area contributed by atoms with Gasteiger partial charge in [-0.25, -0.2) is 4.98 Å². The Morgan fingerprint density at radius 3 is 2.75 bits per heavy atom. The average molecular weight is 347 g/mol. The van der Waals surface area contributed by atoms with Crippen molar-refractivity contribution in [2.45, 2.75) is 0 Å². The highest BCUT2D eigenvalue weighted by atomic mass is 79.9. The van der Waals surface area contributed by atoms with Gasteiger partial charge in [0.15, 0.2) is 0 Å². The predicted octanol–water partition coefficient (Wildman–Crippen LogP) is 4.53. The normalized spacial score (nSPS) is 10.7. The van der Waals surface area contributed by atoms with E-state index < -0.39 is 0 Å². The highest BCUT2D eigenvalue weighted by molar-refractivity contribution is 9.10. The summed E-state index contributed by atoms with van der Waals surface area (Å²) in [5, 5.41) is 9.62. The lowest BCUT2D eigenvalue weighted by Gasteiger charge is -2.04. The van der Waals surface area contributed by atoms with Gasteiger partial charge in [0.25, 0.3) is 0 Å². The quantitative estimate of drug-likeness (QED) is 0.649. The zero-order valence-corrected chi connectivity index (χ0v) is 12.9. The fourth-order valence-corrected chi connectivity index (χ4v) is 2.66. The number of halogens is 2. The van der Waals surface area contributed by atoms with Crippen molar-refractivity contribution in [2.24, 2.45) is 7.05 Å². The summed E-state index contributed by atoms with van der Waals surface area (Å²) in [6.45, 7) is 0. The van der Waals surface area contributed by atoms with Gasteiger partial charge in [0, 0.05) is 17.1 Å². The number of hydrogen-bond acceptors (Lipinski definition) is 2. The Labute approximate surface area is 129 Å². The van der Waals surface area contributed by atoms with E-state index in [1.807, 2.05) is 35.9 Å². The van der Waals surface area contributed by atoms with Crippen LogP contribution in [0.4, 0.5) is 0 Å². The van der Waals surface area contributed by atoms with Crippen molar-refractivity contribution in [3.63, 3.8) is 0 Å². The second-order valence-corrected chi connectivity index (χ2v) is 5.70. The molecule has 2 aromatic carbocycles. The minimum atomic E-state index is 0.611. The van der Waals surface area contributed by atoms with Crippen LogP contribution in [0.25, 0.3) is 22.4 Å². The summed E-state index contributed by atoms with van der Waals surface area (Å²) in [6, 6.07) is 13.3. The van der Waals surface area contributed by atoms with Crippen molar-refractivity contribution in [3.8, 4) is 17.5 Å². The van der Waals surface area contributed by atoms with Crippen LogP contribution < -0.4 is 0 Å². The van der Waals surface area contributed by atoms with Crippen LogP contribution in [0, 0.1) is 11.3 Å². The van der Waals surface area contributed by atoms with E-state index >= 15 is 0 Å². The first kappa shape index (κ1) is 13.2. The van der Waals surface area contributed by atoms with Crippen molar-refractivity contribution in [1.29, 1.82) is 5.26 Å². The van der Waals surface area contributed by atoms with E-state index in [0.717, 1.165) is 26.9 Å². The molecule has 20 heavy (non-hydrogen) atoms. The molecule has 3 nitrogen and oxygen atoms in total. The van der Waals surface area contributed by atoms with E-state index in [9.17, 15) is 0 Å². The third-order valence-corrected chi connectivity index (χ3v) is 4.40. The van der Waals surface area contributed by atoms with E-state index in [4.69, 9.17) is 16.9 Å². The molecule has 3 aromatic rings. The first-order valence-corrected chi connectivity index (χ1v) is 7.09. The molecule has 1 aromatic heterocycles. The first-order chi connectivity index (χ1) is 9.60. The number of imidazole rings is 1. The van der Waals surface area contributed by atoms with Gasteiger partial charge in [0.2, 0.25) is 0 Å². The Morgan fingerprint density at radius 2 is 2.05 bits per heavy atom. The molecule has 5 heteroatoms. The fourth-order valence-electron chi connectivity index (χ4n) is 2.16. The maximum atomic E-state index is 8.95. The SMILES string of the molecule is Cn1c(-c2ccc(Cl)c(Br)c2)nc2cc(C#N)ccc21. The van der Waals surface area contributed by atoms with Crippen molar-refractivity contribution in [2.75, 3.05) is 0 Å². The Morgan fingerprint density at radius 1 is 1.25 bits per heavy atom. The van der Waals surface area contributed by atoms with E-state index in [-0.39, 0.29) is 0 Å². The summed E-state index contributed by atoms with van der Waals surface area (Å²) in [7, 11) is 1.96. The fraction of sp³-hybridized carbons (Fsp3) is 0.0667. The molecule has 3 rings (SSSR count). The monoisotopic (exact) mass is 345 g/mol. The van der Waals surface area contributed by atoms with E-state index in [2.05, 4.69) is 27.0 Å². The molecular weight excluding hydrogens is 338 g/mol. The number of benzene rings is 2. The first-order valence-electron chi connectivity index (χ1n) is 5.92. The lowest BCUT2D eigenvalue weighted by molar-refractivity contribution is 0.959. The highest BCUT2D eigenvalue weighted by Crippen LogP contribution is 2.30. The standard InChI is InChI=1S/C15H9BrClN3/c1-20-14-5-2-9(8-18)6-13(14)19-15(20)10-3-4-12(17)11(16)7-10/h2-7H,1H3. The summed E-state index contributed by atoms with van der Waals surface area (Å²) in [4.78, 5) is 4.61. The number of fused-ring (bicyclic) bond motifs is 1. The van der Waals surface area contributed by atoms with Crippen LogP contribution >= 0.6 is 27.5 Å². The van der Waals surface area contributed by atoms with E-state index in [1.165, 1.54) is 0 Å². The highest BCUT2D eigenvalue weighted by Gasteiger charge is 2.11. The van der Waals surface area contributed by atoms with Gasteiger partial charge in [-0.2, -0.15) is 5.26 Å². The minimum Gasteiger partial charge on any atom is -0.327 e. The Bertz CT molecular complexity index is 861. The minimum absolute atomic E-state index is 0.611. The predicted molar refractivity (Wildman–Crippen MR) is 83.6 cm³/mol. The van der Waals surface area contributed by atoms with Crippen LogP contribution in [0.1, 0.15) is 5.56 Å². The lowest BCUT2D eigenvalue weighted by atomic mass is 10.2. The number of nitrogens with zero attached hydrogens (tertiary/aromatic N) is 3. The van der Waals surface area contributed by atoms with Crippen LogP contribution in [0.3, 0.4) is 0 Å². The molecule has 0 aliphatic rings. The van der Waals surface area contributed by atoms with E-state index in [1.54, 1.807) is 12.1 Å². The number of aryl methyl sites for hydroxylation is 1. The summed E-state index contributed by atoms with van der Waals surface area (Å²) in [6.07, 6.45) is 0. The molecule has 0 fully saturated rings. The summed E-state index contributed by atoms with van der Waals surface area (Å²) in [5.41, 5.74) is 3.38. The maximum absolute atomic E-state index is 8.95. The maximum Gasteiger partial charge on any atom is 0.140 e. The third-order valence-electron chi connectivity index (χ3n) is 3.19. The molecule has 0 N–H and O–H groups in total. The van der Waals surface area contributed by atoms with Gasteiger partial charge in [-0.05, 0) is 52.3 Å².